The lowest BCUT2D eigenvalue weighted by Crippen LogP contribution is -2.31. The van der Waals surface area contributed by atoms with Crippen LogP contribution in [0.5, 0.6) is 0 Å². The van der Waals surface area contributed by atoms with Gasteiger partial charge in [0.15, 0.2) is 0 Å². The molecule has 1 aliphatic rings. The maximum atomic E-state index is 13.0. The van der Waals surface area contributed by atoms with Crippen LogP contribution in [0.4, 0.5) is 10.5 Å². The van der Waals surface area contributed by atoms with Crippen LogP contribution in [0.3, 0.4) is 0 Å². The summed E-state index contributed by atoms with van der Waals surface area (Å²) in [5, 5.41) is 16.5. The minimum absolute atomic E-state index is 0.0689. The number of nitrogens with zero attached hydrogens (tertiary/aromatic N) is 2. The van der Waals surface area contributed by atoms with Crippen molar-refractivity contribution in [3.63, 3.8) is 0 Å². The van der Waals surface area contributed by atoms with Crippen LogP contribution >= 0.6 is 11.3 Å². The number of hydrogen-bond donors (Lipinski definition) is 1. The van der Waals surface area contributed by atoms with E-state index in [1.165, 1.54) is 4.57 Å². The summed E-state index contributed by atoms with van der Waals surface area (Å²) in [4.78, 5) is 25.3. The zero-order valence-electron chi connectivity index (χ0n) is 19.0. The van der Waals surface area contributed by atoms with Crippen LogP contribution in [0.2, 0.25) is 0 Å². The molecular formula is C25H25N3O4S. The van der Waals surface area contributed by atoms with Crippen molar-refractivity contribution in [1.82, 2.24) is 4.57 Å². The predicted octanol–water partition coefficient (Wildman–Crippen LogP) is 5.49. The zero-order chi connectivity index (χ0) is 23.8. The van der Waals surface area contributed by atoms with Gasteiger partial charge in [-0.25, -0.2) is 9.36 Å². The van der Waals surface area contributed by atoms with Gasteiger partial charge in [-0.1, -0.05) is 13.0 Å². The normalized spacial score (nSPS) is 18.1. The molecule has 3 heterocycles. The summed E-state index contributed by atoms with van der Waals surface area (Å²) < 4.78 is 13.1. The van der Waals surface area contributed by atoms with E-state index in [4.69, 9.17) is 9.47 Å². The second-order valence-electron chi connectivity index (χ2n) is 8.82. The molecular weight excluding hydrogens is 438 g/mol. The molecule has 1 atom stereocenters. The number of ether oxygens (including phenoxy) is 2. The Labute approximate surface area is 196 Å². The molecule has 2 aromatic heterocycles. The Kier molecular flexibility index (Phi) is 5.87. The van der Waals surface area contributed by atoms with Crippen LogP contribution in [-0.2, 0) is 19.9 Å². The Bertz CT molecular complexity index is 1250. The monoisotopic (exact) mass is 463 g/mol. The lowest BCUT2D eigenvalue weighted by Gasteiger charge is -2.32. The molecule has 0 fully saturated rings. The van der Waals surface area contributed by atoms with Crippen molar-refractivity contribution in [3.05, 3.63) is 64.0 Å². The third-order valence-electron chi connectivity index (χ3n) is 5.53. The van der Waals surface area contributed by atoms with E-state index in [-0.39, 0.29) is 18.2 Å². The van der Waals surface area contributed by atoms with Crippen molar-refractivity contribution in [3.8, 4) is 17.3 Å². The minimum atomic E-state index is -0.827. The first kappa shape index (κ1) is 22.8. The highest BCUT2D eigenvalue weighted by atomic mass is 32.1. The van der Waals surface area contributed by atoms with Gasteiger partial charge in [0, 0.05) is 11.3 Å². The summed E-state index contributed by atoms with van der Waals surface area (Å²) in [6.07, 6.45) is -0.0239. The highest BCUT2D eigenvalue weighted by molar-refractivity contribution is 7.08. The second kappa shape index (κ2) is 8.50. The number of hydrogen-bond acceptors (Lipinski definition) is 6. The maximum absolute atomic E-state index is 13.0. The molecule has 0 spiro atoms. The number of nitrogens with one attached hydrogen (secondary N) is 1. The van der Waals surface area contributed by atoms with Crippen molar-refractivity contribution < 1.29 is 19.1 Å². The number of anilines is 1. The zero-order valence-corrected chi connectivity index (χ0v) is 19.8. The first-order valence-electron chi connectivity index (χ1n) is 10.6. The van der Waals surface area contributed by atoms with Gasteiger partial charge in [0.05, 0.1) is 5.69 Å². The van der Waals surface area contributed by atoms with Gasteiger partial charge in [0.1, 0.15) is 29.6 Å². The average molecular weight is 464 g/mol. The molecule has 1 aromatic carbocycles. The van der Waals surface area contributed by atoms with Crippen molar-refractivity contribution in [2.75, 3.05) is 11.9 Å². The van der Waals surface area contributed by atoms with E-state index < -0.39 is 17.3 Å². The largest absolute Gasteiger partial charge is 0.443 e. The summed E-state index contributed by atoms with van der Waals surface area (Å²) in [6, 6.07) is 12.9. The average Bonchev–Trinajstić information content (AvgIpc) is 3.42. The highest BCUT2D eigenvalue weighted by Gasteiger charge is 2.39. The lowest BCUT2D eigenvalue weighted by molar-refractivity contribution is -0.125. The molecule has 1 unspecified atom stereocenters. The van der Waals surface area contributed by atoms with Crippen molar-refractivity contribution in [2.24, 2.45) is 0 Å². The number of rotatable bonds is 3. The van der Waals surface area contributed by atoms with Crippen molar-refractivity contribution in [2.45, 2.75) is 45.3 Å². The summed E-state index contributed by atoms with van der Waals surface area (Å²) in [7, 11) is 0. The Balaban J connectivity index is 1.90. The van der Waals surface area contributed by atoms with Crippen LogP contribution < -0.4 is 5.32 Å². The third-order valence-corrected chi connectivity index (χ3v) is 6.21. The van der Waals surface area contributed by atoms with Gasteiger partial charge in [0.2, 0.25) is 5.91 Å². The van der Waals surface area contributed by atoms with Gasteiger partial charge in [0.25, 0.3) is 0 Å². The Morgan fingerprint density at radius 3 is 2.73 bits per heavy atom. The van der Waals surface area contributed by atoms with E-state index in [0.29, 0.717) is 23.4 Å². The van der Waals surface area contributed by atoms with Gasteiger partial charge in [-0.2, -0.15) is 16.6 Å². The molecule has 0 bridgehead atoms. The van der Waals surface area contributed by atoms with E-state index >= 15 is 0 Å². The van der Waals surface area contributed by atoms with Gasteiger partial charge in [-0.15, -0.1) is 0 Å². The SMILES string of the molecule is CCC1(c2ccsc2)OCC(=O)Nc2ccc(-c3ccc(C#N)n3C(=O)OC(C)(C)C)cc21. The molecule has 1 amide bonds. The molecule has 4 rings (SSSR count). The summed E-state index contributed by atoms with van der Waals surface area (Å²) in [5.74, 6) is -0.224. The first-order valence-corrected chi connectivity index (χ1v) is 11.6. The fourth-order valence-corrected chi connectivity index (χ4v) is 4.80. The van der Waals surface area contributed by atoms with Crippen LogP contribution in [0.25, 0.3) is 11.3 Å². The van der Waals surface area contributed by atoms with Crippen LogP contribution in [0.1, 0.15) is 50.9 Å². The maximum Gasteiger partial charge on any atom is 0.420 e. The topological polar surface area (TPSA) is 93.4 Å². The van der Waals surface area contributed by atoms with E-state index in [1.54, 1.807) is 44.2 Å². The molecule has 3 aromatic rings. The number of thiophene rings is 1. The molecule has 1 aliphatic heterocycles. The molecule has 170 valence electrons. The third kappa shape index (κ3) is 4.17. The standard InChI is InChI=1S/C25H25N3O4S/c1-5-25(17-10-11-33-15-17)19-12-16(6-8-20(19)27-22(29)14-31-25)21-9-7-18(13-26)28(21)23(30)32-24(2,3)4/h6-12,15H,5,14H2,1-4H3,(H,27,29). The molecule has 1 N–H and O–H groups in total. The minimum Gasteiger partial charge on any atom is -0.443 e. The van der Waals surface area contributed by atoms with Crippen molar-refractivity contribution >= 4 is 29.0 Å². The number of nitriles is 1. The molecule has 0 saturated heterocycles. The van der Waals surface area contributed by atoms with E-state index in [2.05, 4.69) is 11.4 Å². The Morgan fingerprint density at radius 1 is 1.30 bits per heavy atom. The highest BCUT2D eigenvalue weighted by Crippen LogP contribution is 2.44. The van der Waals surface area contributed by atoms with E-state index in [1.807, 2.05) is 41.9 Å². The second-order valence-corrected chi connectivity index (χ2v) is 9.60. The lowest BCUT2D eigenvalue weighted by atomic mass is 9.83. The fraction of sp³-hybridized carbons (Fsp3) is 0.320. The predicted molar refractivity (Wildman–Crippen MR) is 126 cm³/mol. The summed E-state index contributed by atoms with van der Waals surface area (Å²) in [6.45, 7) is 7.28. The molecule has 0 aliphatic carbocycles. The van der Waals surface area contributed by atoms with Gasteiger partial charge >= 0.3 is 6.09 Å². The van der Waals surface area contributed by atoms with Gasteiger partial charge in [-0.3, -0.25) is 4.79 Å². The Morgan fingerprint density at radius 2 is 2.09 bits per heavy atom. The van der Waals surface area contributed by atoms with Crippen LogP contribution in [-0.4, -0.2) is 28.8 Å². The number of carbonyl (C=O) groups is 2. The molecule has 8 heteroatoms. The summed E-state index contributed by atoms with van der Waals surface area (Å²) in [5.41, 5.74) is 2.28. The van der Waals surface area contributed by atoms with Gasteiger partial charge in [-0.05, 0) is 79.4 Å². The number of benzene rings is 1. The quantitative estimate of drug-likeness (QED) is 0.554. The number of fused-ring (bicyclic) bond motifs is 1. The molecule has 33 heavy (non-hydrogen) atoms. The number of carbonyl (C=O) groups excluding carboxylic acids is 2. The van der Waals surface area contributed by atoms with E-state index in [9.17, 15) is 14.9 Å². The van der Waals surface area contributed by atoms with Crippen LogP contribution in [0.15, 0.2) is 47.2 Å². The van der Waals surface area contributed by atoms with Gasteiger partial charge < -0.3 is 14.8 Å². The smallest absolute Gasteiger partial charge is 0.420 e. The van der Waals surface area contributed by atoms with E-state index in [0.717, 1.165) is 11.1 Å². The number of amides is 1. The Hall–Kier alpha value is -3.41. The van der Waals surface area contributed by atoms with Crippen LogP contribution in [0, 0.1) is 11.3 Å². The molecule has 7 nitrogen and oxygen atoms in total. The van der Waals surface area contributed by atoms with Crippen molar-refractivity contribution in [1.29, 1.82) is 5.26 Å². The summed E-state index contributed by atoms with van der Waals surface area (Å²) >= 11 is 1.56. The first-order chi connectivity index (χ1) is 15.7. The number of aromatic nitrogens is 1. The molecule has 0 saturated carbocycles. The fourth-order valence-electron chi connectivity index (χ4n) is 4.08. The molecule has 0 radical (unpaired) electrons.